The molecule has 1 saturated heterocycles. The molecule has 2 N–H and O–H groups in total. The maximum Gasteiger partial charge on any atom is 0.228 e. The summed E-state index contributed by atoms with van der Waals surface area (Å²) in [4.78, 5) is 20.5. The monoisotopic (exact) mass is 268 g/mol. The van der Waals surface area contributed by atoms with Gasteiger partial charge < -0.3 is 15.5 Å². The molecule has 1 aliphatic rings. The van der Waals surface area contributed by atoms with Crippen LogP contribution in [0.15, 0.2) is 5.38 Å². The Labute approximate surface area is 112 Å². The quantitative estimate of drug-likeness (QED) is 0.878. The smallest absolute Gasteiger partial charge is 0.228 e. The Balaban J connectivity index is 1.95. The second-order valence-electron chi connectivity index (χ2n) is 5.00. The number of hydrogen-bond acceptors (Lipinski definition) is 5. The van der Waals surface area contributed by atoms with Gasteiger partial charge in [-0.1, -0.05) is 0 Å². The van der Waals surface area contributed by atoms with E-state index in [4.69, 9.17) is 5.73 Å². The molecule has 100 valence electrons. The van der Waals surface area contributed by atoms with E-state index in [1.165, 1.54) is 11.3 Å². The van der Waals surface area contributed by atoms with Gasteiger partial charge in [-0.25, -0.2) is 4.98 Å². The number of likely N-dealkylation sites (N-methyl/N-ethyl adjacent to an activating group) is 1. The fraction of sp³-hybridized carbons (Fsp3) is 0.667. The normalized spacial score (nSPS) is 19.7. The maximum atomic E-state index is 12.2. The number of rotatable bonds is 4. The van der Waals surface area contributed by atoms with Crippen molar-refractivity contribution in [3.05, 3.63) is 11.1 Å². The summed E-state index contributed by atoms with van der Waals surface area (Å²) in [7, 11) is 4.09. The number of hydrogen-bond donors (Lipinski definition) is 1. The van der Waals surface area contributed by atoms with Gasteiger partial charge in [-0.3, -0.25) is 4.79 Å². The summed E-state index contributed by atoms with van der Waals surface area (Å²) in [5, 5.41) is 2.40. The molecule has 5 nitrogen and oxygen atoms in total. The van der Waals surface area contributed by atoms with Crippen molar-refractivity contribution in [1.29, 1.82) is 0 Å². The van der Waals surface area contributed by atoms with Gasteiger partial charge in [-0.2, -0.15) is 0 Å². The summed E-state index contributed by atoms with van der Waals surface area (Å²) in [5.74, 6) is 0.171. The zero-order valence-corrected chi connectivity index (χ0v) is 11.7. The molecule has 0 spiro atoms. The molecule has 0 radical (unpaired) electrons. The van der Waals surface area contributed by atoms with Gasteiger partial charge in [0.2, 0.25) is 5.91 Å². The number of amides is 1. The number of aromatic nitrogens is 1. The van der Waals surface area contributed by atoms with Crippen LogP contribution in [0.4, 0.5) is 5.13 Å². The number of thiazole rings is 1. The summed E-state index contributed by atoms with van der Waals surface area (Å²) >= 11 is 1.39. The van der Waals surface area contributed by atoms with Crippen molar-refractivity contribution in [2.45, 2.75) is 25.3 Å². The Bertz CT molecular complexity index is 418. The lowest BCUT2D eigenvalue weighted by atomic mass is 10.2. The number of carbonyl (C=O) groups is 1. The second kappa shape index (κ2) is 5.67. The molecule has 1 fully saturated rings. The standard InChI is InChI=1S/C12H20N4OS/c1-15(2)7-10-4-3-5-16(10)11(17)6-9-8-18-12(13)14-9/h8,10H,3-7H2,1-2H3,(H2,13,14). The first kappa shape index (κ1) is 13.3. The highest BCUT2D eigenvalue weighted by molar-refractivity contribution is 7.13. The molecule has 1 aliphatic heterocycles. The Morgan fingerprint density at radius 2 is 2.44 bits per heavy atom. The van der Waals surface area contributed by atoms with Crippen LogP contribution in [0.25, 0.3) is 0 Å². The first-order valence-corrected chi connectivity index (χ1v) is 7.08. The highest BCUT2D eigenvalue weighted by atomic mass is 32.1. The second-order valence-corrected chi connectivity index (χ2v) is 5.89. The third-order valence-corrected chi connectivity index (χ3v) is 3.90. The minimum atomic E-state index is 0.171. The van der Waals surface area contributed by atoms with Crippen LogP contribution in [-0.2, 0) is 11.2 Å². The van der Waals surface area contributed by atoms with Crippen LogP contribution >= 0.6 is 11.3 Å². The van der Waals surface area contributed by atoms with Crippen LogP contribution in [0.2, 0.25) is 0 Å². The lowest BCUT2D eigenvalue weighted by Gasteiger charge is -2.27. The lowest BCUT2D eigenvalue weighted by molar-refractivity contribution is -0.131. The van der Waals surface area contributed by atoms with Gasteiger partial charge in [0.15, 0.2) is 5.13 Å². The molecule has 2 rings (SSSR count). The number of likely N-dealkylation sites (tertiary alicyclic amines) is 1. The van der Waals surface area contributed by atoms with Gasteiger partial charge in [0.25, 0.3) is 0 Å². The summed E-state index contributed by atoms with van der Waals surface area (Å²) in [5.41, 5.74) is 6.37. The molecule has 18 heavy (non-hydrogen) atoms. The van der Waals surface area contributed by atoms with E-state index >= 15 is 0 Å². The largest absolute Gasteiger partial charge is 0.375 e. The number of nitrogens with two attached hydrogens (primary N) is 1. The molecule has 1 aromatic heterocycles. The third kappa shape index (κ3) is 3.20. The molecule has 6 heteroatoms. The topological polar surface area (TPSA) is 62.5 Å². The first-order valence-electron chi connectivity index (χ1n) is 6.20. The highest BCUT2D eigenvalue weighted by Crippen LogP contribution is 2.20. The molecule has 0 bridgehead atoms. The summed E-state index contributed by atoms with van der Waals surface area (Å²) in [6.45, 7) is 1.81. The van der Waals surface area contributed by atoms with Crippen LogP contribution in [0.3, 0.4) is 0 Å². The number of nitrogen functional groups attached to an aromatic ring is 1. The van der Waals surface area contributed by atoms with Gasteiger partial charge in [0, 0.05) is 24.5 Å². The fourth-order valence-electron chi connectivity index (χ4n) is 2.44. The summed E-state index contributed by atoms with van der Waals surface area (Å²) < 4.78 is 0. The predicted molar refractivity (Wildman–Crippen MR) is 73.5 cm³/mol. The van der Waals surface area contributed by atoms with E-state index in [1.54, 1.807) is 0 Å². The number of nitrogens with zero attached hydrogens (tertiary/aromatic N) is 3. The van der Waals surface area contributed by atoms with Crippen molar-refractivity contribution in [2.75, 3.05) is 32.9 Å². The average Bonchev–Trinajstić information content (AvgIpc) is 2.87. The minimum absolute atomic E-state index is 0.171. The lowest BCUT2D eigenvalue weighted by Crippen LogP contribution is -2.42. The van der Waals surface area contributed by atoms with Crippen molar-refractivity contribution in [3.8, 4) is 0 Å². The van der Waals surface area contributed by atoms with Crippen molar-refractivity contribution in [1.82, 2.24) is 14.8 Å². The molecule has 1 aromatic rings. The van der Waals surface area contributed by atoms with E-state index in [-0.39, 0.29) is 5.91 Å². The minimum Gasteiger partial charge on any atom is -0.375 e. The van der Waals surface area contributed by atoms with E-state index < -0.39 is 0 Å². The zero-order valence-electron chi connectivity index (χ0n) is 10.9. The summed E-state index contributed by atoms with van der Waals surface area (Å²) in [6, 6.07) is 0.350. The summed E-state index contributed by atoms with van der Waals surface area (Å²) in [6.07, 6.45) is 2.57. The molecule has 1 atom stereocenters. The van der Waals surface area contributed by atoms with Gasteiger partial charge in [0.05, 0.1) is 12.1 Å². The zero-order chi connectivity index (χ0) is 13.1. The van der Waals surface area contributed by atoms with Gasteiger partial charge in [-0.15, -0.1) is 11.3 Å². The van der Waals surface area contributed by atoms with Gasteiger partial charge in [0.1, 0.15) is 0 Å². The van der Waals surface area contributed by atoms with Crippen LogP contribution in [0.5, 0.6) is 0 Å². The van der Waals surface area contributed by atoms with E-state index in [1.807, 2.05) is 24.4 Å². The molecular weight excluding hydrogens is 248 g/mol. The van der Waals surface area contributed by atoms with Crippen LogP contribution in [0, 0.1) is 0 Å². The molecule has 0 aliphatic carbocycles. The fourth-order valence-corrected chi connectivity index (χ4v) is 3.00. The highest BCUT2D eigenvalue weighted by Gasteiger charge is 2.29. The SMILES string of the molecule is CN(C)CC1CCCN1C(=O)Cc1csc(N)n1. The Kier molecular flexibility index (Phi) is 4.19. The van der Waals surface area contributed by atoms with Gasteiger partial charge in [-0.05, 0) is 26.9 Å². The molecule has 0 aromatic carbocycles. The average molecular weight is 268 g/mol. The van der Waals surface area contributed by atoms with Crippen molar-refractivity contribution in [3.63, 3.8) is 0 Å². The molecular formula is C12H20N4OS. The molecule has 0 saturated carbocycles. The van der Waals surface area contributed by atoms with Crippen molar-refractivity contribution >= 4 is 22.4 Å². The van der Waals surface area contributed by atoms with Crippen LogP contribution < -0.4 is 5.73 Å². The van der Waals surface area contributed by atoms with E-state index in [9.17, 15) is 4.79 Å². The van der Waals surface area contributed by atoms with Gasteiger partial charge >= 0.3 is 0 Å². The number of anilines is 1. The van der Waals surface area contributed by atoms with Crippen molar-refractivity contribution < 1.29 is 4.79 Å². The number of carbonyl (C=O) groups excluding carboxylic acids is 1. The Morgan fingerprint density at radius 3 is 3.06 bits per heavy atom. The predicted octanol–water partition coefficient (Wildman–Crippen LogP) is 0.820. The van der Waals surface area contributed by atoms with Crippen molar-refractivity contribution in [2.24, 2.45) is 0 Å². The molecule has 1 unspecified atom stereocenters. The molecule has 2 heterocycles. The third-order valence-electron chi connectivity index (χ3n) is 3.18. The Morgan fingerprint density at radius 1 is 1.67 bits per heavy atom. The van der Waals surface area contributed by atoms with E-state index in [0.29, 0.717) is 17.6 Å². The van der Waals surface area contributed by atoms with Crippen LogP contribution in [0.1, 0.15) is 18.5 Å². The maximum absolute atomic E-state index is 12.2. The van der Waals surface area contributed by atoms with Crippen LogP contribution in [-0.4, -0.2) is 53.9 Å². The van der Waals surface area contributed by atoms with E-state index in [2.05, 4.69) is 9.88 Å². The Hall–Kier alpha value is -1.14. The molecule has 1 amide bonds. The van der Waals surface area contributed by atoms with E-state index in [0.717, 1.165) is 31.6 Å². The first-order chi connectivity index (χ1) is 8.56.